The van der Waals surface area contributed by atoms with Crippen LogP contribution in [0.3, 0.4) is 0 Å². The quantitative estimate of drug-likeness (QED) is 0.769. The van der Waals surface area contributed by atoms with Crippen molar-refractivity contribution in [2.45, 2.75) is 45.1 Å². The van der Waals surface area contributed by atoms with Gasteiger partial charge >= 0.3 is 0 Å². The third-order valence-corrected chi connectivity index (χ3v) is 4.03. The summed E-state index contributed by atoms with van der Waals surface area (Å²) in [6.45, 7) is 4.05. The van der Waals surface area contributed by atoms with E-state index in [0.29, 0.717) is 12.0 Å². The van der Waals surface area contributed by atoms with E-state index in [9.17, 15) is 9.50 Å². The molecule has 0 saturated heterocycles. The van der Waals surface area contributed by atoms with E-state index < -0.39 is 5.60 Å². The standard InChI is InChI=1S/C14H19FO/c1-13(2)9-5-6-10-14(13,16)11-7-3-4-8-12(11)15/h3-4,7-8,16H,5-6,9-10H2,1-2H3. The van der Waals surface area contributed by atoms with Crippen LogP contribution in [0.25, 0.3) is 0 Å². The first-order chi connectivity index (χ1) is 7.47. The molecule has 1 fully saturated rings. The van der Waals surface area contributed by atoms with Gasteiger partial charge in [0.2, 0.25) is 0 Å². The lowest BCUT2D eigenvalue weighted by Gasteiger charge is -2.47. The highest BCUT2D eigenvalue weighted by Crippen LogP contribution is 2.50. The maximum absolute atomic E-state index is 13.8. The minimum atomic E-state index is -1.02. The molecule has 1 N–H and O–H groups in total. The van der Waals surface area contributed by atoms with E-state index in [2.05, 4.69) is 0 Å². The molecule has 16 heavy (non-hydrogen) atoms. The molecular formula is C14H19FO. The molecule has 1 atom stereocenters. The van der Waals surface area contributed by atoms with Crippen molar-refractivity contribution in [1.29, 1.82) is 0 Å². The van der Waals surface area contributed by atoms with E-state index in [1.165, 1.54) is 6.07 Å². The first-order valence-corrected chi connectivity index (χ1v) is 5.95. The fourth-order valence-electron chi connectivity index (χ4n) is 2.79. The molecule has 1 unspecified atom stereocenters. The van der Waals surface area contributed by atoms with Gasteiger partial charge in [0.1, 0.15) is 5.82 Å². The number of rotatable bonds is 1. The smallest absolute Gasteiger partial charge is 0.129 e. The van der Waals surface area contributed by atoms with Gasteiger partial charge in [-0.3, -0.25) is 0 Å². The van der Waals surface area contributed by atoms with Crippen LogP contribution in [0.15, 0.2) is 24.3 Å². The molecule has 1 nitrogen and oxygen atoms in total. The molecule has 1 aliphatic carbocycles. The third kappa shape index (κ3) is 1.65. The van der Waals surface area contributed by atoms with Gasteiger partial charge in [0.25, 0.3) is 0 Å². The van der Waals surface area contributed by atoms with Crippen molar-refractivity contribution >= 4 is 0 Å². The SMILES string of the molecule is CC1(C)CCCCC1(O)c1ccccc1F. The van der Waals surface area contributed by atoms with Crippen LogP contribution < -0.4 is 0 Å². The van der Waals surface area contributed by atoms with Gasteiger partial charge in [-0.15, -0.1) is 0 Å². The second-order valence-corrected chi connectivity index (χ2v) is 5.43. The Balaban J connectivity index is 2.48. The first-order valence-electron chi connectivity index (χ1n) is 5.95. The van der Waals surface area contributed by atoms with E-state index >= 15 is 0 Å². The van der Waals surface area contributed by atoms with Crippen LogP contribution in [0, 0.1) is 11.2 Å². The Morgan fingerprint density at radius 3 is 2.38 bits per heavy atom. The van der Waals surface area contributed by atoms with Crippen LogP contribution in [-0.4, -0.2) is 5.11 Å². The van der Waals surface area contributed by atoms with Crippen molar-refractivity contribution in [3.63, 3.8) is 0 Å². The number of benzene rings is 1. The molecule has 88 valence electrons. The minimum absolute atomic E-state index is 0.257. The summed E-state index contributed by atoms with van der Waals surface area (Å²) in [6.07, 6.45) is 3.68. The normalized spacial score (nSPS) is 29.0. The Morgan fingerprint density at radius 2 is 1.75 bits per heavy atom. The summed E-state index contributed by atoms with van der Waals surface area (Å²) in [6, 6.07) is 6.60. The summed E-state index contributed by atoms with van der Waals surface area (Å²) in [5, 5.41) is 10.8. The molecule has 0 amide bonds. The topological polar surface area (TPSA) is 20.2 Å². The maximum Gasteiger partial charge on any atom is 0.129 e. The maximum atomic E-state index is 13.8. The number of halogens is 1. The van der Waals surface area contributed by atoms with Crippen molar-refractivity contribution in [3.8, 4) is 0 Å². The minimum Gasteiger partial charge on any atom is -0.384 e. The zero-order valence-electron chi connectivity index (χ0n) is 9.96. The van der Waals surface area contributed by atoms with Gasteiger partial charge in [-0.25, -0.2) is 4.39 Å². The van der Waals surface area contributed by atoms with Crippen molar-refractivity contribution in [2.24, 2.45) is 5.41 Å². The number of hydrogen-bond acceptors (Lipinski definition) is 1. The van der Waals surface area contributed by atoms with Gasteiger partial charge < -0.3 is 5.11 Å². The van der Waals surface area contributed by atoms with E-state index in [-0.39, 0.29) is 11.2 Å². The second kappa shape index (κ2) is 3.85. The molecule has 1 aliphatic rings. The van der Waals surface area contributed by atoms with Gasteiger partial charge in [-0.2, -0.15) is 0 Å². The zero-order valence-corrected chi connectivity index (χ0v) is 9.96. The summed E-state index contributed by atoms with van der Waals surface area (Å²) >= 11 is 0. The average Bonchev–Trinajstić information content (AvgIpc) is 2.23. The van der Waals surface area contributed by atoms with Gasteiger partial charge in [0, 0.05) is 5.56 Å². The van der Waals surface area contributed by atoms with E-state index in [1.54, 1.807) is 18.2 Å². The van der Waals surface area contributed by atoms with E-state index in [0.717, 1.165) is 19.3 Å². The first kappa shape index (κ1) is 11.6. The zero-order chi connectivity index (χ0) is 11.8. The fourth-order valence-corrected chi connectivity index (χ4v) is 2.79. The second-order valence-electron chi connectivity index (χ2n) is 5.43. The van der Waals surface area contributed by atoms with Crippen LogP contribution >= 0.6 is 0 Å². The summed E-state index contributed by atoms with van der Waals surface area (Å²) in [7, 11) is 0. The highest BCUT2D eigenvalue weighted by atomic mass is 19.1. The molecule has 0 aromatic heterocycles. The van der Waals surface area contributed by atoms with Gasteiger partial charge in [0.05, 0.1) is 5.60 Å². The molecule has 2 rings (SSSR count). The monoisotopic (exact) mass is 222 g/mol. The highest BCUT2D eigenvalue weighted by Gasteiger charge is 2.47. The van der Waals surface area contributed by atoms with Gasteiger partial charge in [-0.1, -0.05) is 44.9 Å². The van der Waals surface area contributed by atoms with Crippen LogP contribution in [-0.2, 0) is 5.60 Å². The third-order valence-electron chi connectivity index (χ3n) is 4.03. The van der Waals surface area contributed by atoms with E-state index in [1.807, 2.05) is 13.8 Å². The Bertz CT molecular complexity index is 386. The predicted molar refractivity (Wildman–Crippen MR) is 62.5 cm³/mol. The van der Waals surface area contributed by atoms with Crippen LogP contribution in [0.5, 0.6) is 0 Å². The molecule has 2 heteroatoms. The van der Waals surface area contributed by atoms with Crippen molar-refractivity contribution < 1.29 is 9.50 Å². The molecule has 1 aromatic carbocycles. The summed E-state index contributed by atoms with van der Waals surface area (Å²) in [5.74, 6) is -0.292. The molecule has 0 spiro atoms. The lowest BCUT2D eigenvalue weighted by Crippen LogP contribution is -2.45. The number of hydrogen-bond donors (Lipinski definition) is 1. The molecule has 0 bridgehead atoms. The molecule has 0 radical (unpaired) electrons. The molecular weight excluding hydrogens is 203 g/mol. The van der Waals surface area contributed by atoms with Gasteiger partial charge in [0.15, 0.2) is 0 Å². The lowest BCUT2D eigenvalue weighted by molar-refractivity contribution is -0.106. The molecule has 1 saturated carbocycles. The average molecular weight is 222 g/mol. The summed E-state index contributed by atoms with van der Waals surface area (Å²) < 4.78 is 13.8. The lowest BCUT2D eigenvalue weighted by atomic mass is 9.62. The molecule has 1 aromatic rings. The Hall–Kier alpha value is -0.890. The van der Waals surface area contributed by atoms with E-state index in [4.69, 9.17) is 0 Å². The molecule has 0 heterocycles. The Morgan fingerprint density at radius 1 is 1.12 bits per heavy atom. The summed E-state index contributed by atoms with van der Waals surface area (Å²) in [5.41, 5.74) is -0.816. The highest BCUT2D eigenvalue weighted by molar-refractivity contribution is 5.27. The fraction of sp³-hybridized carbons (Fsp3) is 0.571. The van der Waals surface area contributed by atoms with Crippen molar-refractivity contribution in [3.05, 3.63) is 35.6 Å². The van der Waals surface area contributed by atoms with Crippen molar-refractivity contribution in [2.75, 3.05) is 0 Å². The van der Waals surface area contributed by atoms with Crippen LogP contribution in [0.1, 0.15) is 45.1 Å². The van der Waals surface area contributed by atoms with Gasteiger partial charge in [-0.05, 0) is 24.3 Å². The number of aliphatic hydroxyl groups is 1. The summed E-state index contributed by atoms with van der Waals surface area (Å²) in [4.78, 5) is 0. The van der Waals surface area contributed by atoms with Crippen molar-refractivity contribution in [1.82, 2.24) is 0 Å². The Labute approximate surface area is 96.3 Å². The van der Waals surface area contributed by atoms with Crippen LogP contribution in [0.4, 0.5) is 4.39 Å². The largest absolute Gasteiger partial charge is 0.384 e. The Kier molecular flexibility index (Phi) is 2.79. The molecule has 0 aliphatic heterocycles. The van der Waals surface area contributed by atoms with Crippen LogP contribution in [0.2, 0.25) is 0 Å². The predicted octanol–water partition coefficient (Wildman–Crippen LogP) is 3.61.